The van der Waals surface area contributed by atoms with Gasteiger partial charge in [-0.2, -0.15) is 0 Å². The fourth-order valence-corrected chi connectivity index (χ4v) is 2.33. The fourth-order valence-electron chi connectivity index (χ4n) is 2.06. The molecule has 0 bridgehead atoms. The molecule has 0 saturated carbocycles. The molecule has 0 aromatic heterocycles. The summed E-state index contributed by atoms with van der Waals surface area (Å²) in [5.41, 5.74) is 0. The van der Waals surface area contributed by atoms with Gasteiger partial charge in [0.2, 0.25) is 0 Å². The number of nitrogens with zero attached hydrogens (tertiary/aromatic N) is 1. The summed E-state index contributed by atoms with van der Waals surface area (Å²) in [7, 11) is 1.90. The zero-order valence-electron chi connectivity index (χ0n) is 11.7. The predicted molar refractivity (Wildman–Crippen MR) is 80.6 cm³/mol. The molecule has 0 spiro atoms. The Labute approximate surface area is 128 Å². The van der Waals surface area contributed by atoms with Crippen LogP contribution in [-0.4, -0.2) is 72.4 Å². The van der Waals surface area contributed by atoms with Crippen LogP contribution in [-0.2, 0) is 0 Å². The van der Waals surface area contributed by atoms with Crippen LogP contribution in [0, 0.1) is 0 Å². The summed E-state index contributed by atoms with van der Waals surface area (Å²) in [6.45, 7) is 1.66. The van der Waals surface area contributed by atoms with Gasteiger partial charge in [-0.05, 0) is 24.3 Å². The molecular formula is C14H23BrNO4+. The van der Waals surface area contributed by atoms with E-state index in [0.29, 0.717) is 29.9 Å². The molecule has 1 rings (SSSR count). The van der Waals surface area contributed by atoms with Crippen molar-refractivity contribution in [2.24, 2.45) is 0 Å². The molecule has 1 atom stereocenters. The Bertz CT molecular complexity index is 379. The van der Waals surface area contributed by atoms with E-state index in [0.717, 1.165) is 4.47 Å². The molecule has 0 aliphatic rings. The van der Waals surface area contributed by atoms with E-state index in [1.54, 1.807) is 0 Å². The van der Waals surface area contributed by atoms with Crippen LogP contribution < -0.4 is 4.74 Å². The monoisotopic (exact) mass is 348 g/mol. The molecule has 1 aromatic carbocycles. The molecule has 5 nitrogen and oxygen atoms in total. The minimum Gasteiger partial charge on any atom is -0.491 e. The van der Waals surface area contributed by atoms with Gasteiger partial charge >= 0.3 is 0 Å². The second-order valence-corrected chi connectivity index (χ2v) is 6.03. The first kappa shape index (κ1) is 17.4. The summed E-state index contributed by atoms with van der Waals surface area (Å²) in [4.78, 5) is 0. The van der Waals surface area contributed by atoms with E-state index in [1.165, 1.54) is 0 Å². The van der Waals surface area contributed by atoms with Gasteiger partial charge < -0.3 is 24.5 Å². The Morgan fingerprint density at radius 2 is 1.70 bits per heavy atom. The predicted octanol–water partition coefficient (Wildman–Crippen LogP) is 0.620. The van der Waals surface area contributed by atoms with Gasteiger partial charge in [0.25, 0.3) is 0 Å². The highest BCUT2D eigenvalue weighted by atomic mass is 79.9. The van der Waals surface area contributed by atoms with E-state index in [4.69, 9.17) is 14.9 Å². The van der Waals surface area contributed by atoms with Crippen molar-refractivity contribution in [3.8, 4) is 5.75 Å². The average Bonchev–Trinajstić information content (AvgIpc) is 2.38. The van der Waals surface area contributed by atoms with Crippen LogP contribution in [0.25, 0.3) is 0 Å². The first-order valence-corrected chi connectivity index (χ1v) is 7.40. The van der Waals surface area contributed by atoms with Crippen molar-refractivity contribution in [1.82, 2.24) is 0 Å². The maximum atomic E-state index is 10.0. The molecule has 0 fully saturated rings. The summed E-state index contributed by atoms with van der Waals surface area (Å²) < 4.78 is 6.91. The number of aliphatic hydroxyl groups is 3. The van der Waals surface area contributed by atoms with Gasteiger partial charge in [-0.15, -0.1) is 0 Å². The smallest absolute Gasteiger partial charge is 0.137 e. The molecule has 0 saturated heterocycles. The number of hydrogen-bond acceptors (Lipinski definition) is 4. The van der Waals surface area contributed by atoms with Crippen LogP contribution in [0.1, 0.15) is 0 Å². The lowest BCUT2D eigenvalue weighted by atomic mass is 10.2. The molecule has 0 heterocycles. The van der Waals surface area contributed by atoms with E-state index >= 15 is 0 Å². The lowest BCUT2D eigenvalue weighted by Crippen LogP contribution is -2.53. The van der Waals surface area contributed by atoms with Crippen LogP contribution in [0.5, 0.6) is 5.75 Å². The van der Waals surface area contributed by atoms with Gasteiger partial charge in [0.1, 0.15) is 38.1 Å². The van der Waals surface area contributed by atoms with E-state index in [-0.39, 0.29) is 19.8 Å². The Hall–Kier alpha value is -0.660. The van der Waals surface area contributed by atoms with Gasteiger partial charge in [-0.1, -0.05) is 15.9 Å². The third kappa shape index (κ3) is 6.19. The van der Waals surface area contributed by atoms with Crippen LogP contribution in [0.3, 0.4) is 0 Å². The molecule has 0 radical (unpaired) electrons. The van der Waals surface area contributed by atoms with Crippen molar-refractivity contribution in [2.75, 3.05) is 46.5 Å². The highest BCUT2D eigenvalue weighted by Gasteiger charge is 2.25. The maximum absolute atomic E-state index is 10.0. The lowest BCUT2D eigenvalue weighted by Gasteiger charge is -2.35. The quantitative estimate of drug-likeness (QED) is 0.572. The third-order valence-corrected chi connectivity index (χ3v) is 3.72. The third-order valence-electron chi connectivity index (χ3n) is 3.19. The van der Waals surface area contributed by atoms with Crippen LogP contribution in [0.2, 0.25) is 0 Å². The first-order valence-electron chi connectivity index (χ1n) is 6.61. The average molecular weight is 349 g/mol. The van der Waals surface area contributed by atoms with E-state index in [1.807, 2.05) is 31.3 Å². The molecule has 1 aromatic rings. The maximum Gasteiger partial charge on any atom is 0.137 e. The largest absolute Gasteiger partial charge is 0.491 e. The number of ether oxygens (including phenoxy) is 1. The number of likely N-dealkylation sites (N-methyl/N-ethyl adjacent to an activating group) is 1. The molecular weight excluding hydrogens is 326 g/mol. The highest BCUT2D eigenvalue weighted by molar-refractivity contribution is 9.10. The second-order valence-electron chi connectivity index (χ2n) is 5.12. The van der Waals surface area contributed by atoms with Gasteiger partial charge in [0, 0.05) is 4.47 Å². The van der Waals surface area contributed by atoms with Crippen LogP contribution in [0.4, 0.5) is 0 Å². The number of benzene rings is 1. The molecule has 3 N–H and O–H groups in total. The Balaban J connectivity index is 2.45. The Morgan fingerprint density at radius 3 is 2.20 bits per heavy atom. The van der Waals surface area contributed by atoms with Gasteiger partial charge in [0.15, 0.2) is 0 Å². The molecule has 20 heavy (non-hydrogen) atoms. The SMILES string of the molecule is C[N+](CCO)(CCO)CC(O)COc1ccc(Br)cc1. The minimum atomic E-state index is -0.651. The summed E-state index contributed by atoms with van der Waals surface area (Å²) >= 11 is 3.34. The van der Waals surface area contributed by atoms with Gasteiger partial charge in [-0.3, -0.25) is 0 Å². The lowest BCUT2D eigenvalue weighted by molar-refractivity contribution is -0.913. The van der Waals surface area contributed by atoms with Crippen molar-refractivity contribution in [1.29, 1.82) is 0 Å². The zero-order valence-corrected chi connectivity index (χ0v) is 13.3. The molecule has 114 valence electrons. The number of aliphatic hydroxyl groups excluding tert-OH is 3. The van der Waals surface area contributed by atoms with Crippen molar-refractivity contribution in [2.45, 2.75) is 6.10 Å². The fraction of sp³-hybridized carbons (Fsp3) is 0.571. The number of hydrogen-bond donors (Lipinski definition) is 3. The number of halogens is 1. The standard InChI is InChI=1S/C14H23BrNO4/c1-16(6-8-17,7-9-18)10-13(19)11-20-14-4-2-12(15)3-5-14/h2-5,13,17-19H,6-11H2,1H3/q+1. The van der Waals surface area contributed by atoms with Crippen molar-refractivity contribution < 1.29 is 24.5 Å². The summed E-state index contributed by atoms with van der Waals surface area (Å²) in [5, 5.41) is 28.2. The summed E-state index contributed by atoms with van der Waals surface area (Å²) in [6.07, 6.45) is -0.651. The normalized spacial score (nSPS) is 13.2. The second kappa shape index (κ2) is 8.59. The molecule has 1 unspecified atom stereocenters. The minimum absolute atomic E-state index is 0.0246. The summed E-state index contributed by atoms with van der Waals surface area (Å²) in [6, 6.07) is 7.40. The molecule has 0 aliphatic carbocycles. The first-order chi connectivity index (χ1) is 9.49. The number of rotatable bonds is 9. The summed E-state index contributed by atoms with van der Waals surface area (Å²) in [5.74, 6) is 0.700. The van der Waals surface area contributed by atoms with Crippen LogP contribution in [0.15, 0.2) is 28.7 Å². The van der Waals surface area contributed by atoms with Crippen molar-refractivity contribution >= 4 is 15.9 Å². The van der Waals surface area contributed by atoms with Crippen molar-refractivity contribution in [3.63, 3.8) is 0 Å². The Morgan fingerprint density at radius 1 is 1.15 bits per heavy atom. The highest BCUT2D eigenvalue weighted by Crippen LogP contribution is 2.16. The Kier molecular flexibility index (Phi) is 7.47. The van der Waals surface area contributed by atoms with E-state index in [9.17, 15) is 5.11 Å². The van der Waals surface area contributed by atoms with Gasteiger partial charge in [-0.25, -0.2) is 0 Å². The topological polar surface area (TPSA) is 69.9 Å². The van der Waals surface area contributed by atoms with Crippen LogP contribution >= 0.6 is 15.9 Å². The van der Waals surface area contributed by atoms with E-state index < -0.39 is 6.10 Å². The number of quaternary nitrogens is 1. The molecule has 0 aliphatic heterocycles. The van der Waals surface area contributed by atoms with Gasteiger partial charge in [0.05, 0.1) is 20.3 Å². The zero-order chi connectivity index (χ0) is 15.0. The molecule has 6 heteroatoms. The molecule has 0 amide bonds. The van der Waals surface area contributed by atoms with E-state index in [2.05, 4.69) is 15.9 Å². The van der Waals surface area contributed by atoms with Crippen molar-refractivity contribution in [3.05, 3.63) is 28.7 Å².